The molecule has 0 spiro atoms. The lowest BCUT2D eigenvalue weighted by atomic mass is 10.3. The molecule has 0 unspecified atom stereocenters. The number of nitrogens with one attached hydrogen (secondary N) is 1. The van der Waals surface area contributed by atoms with E-state index in [0.717, 1.165) is 5.57 Å². The van der Waals surface area contributed by atoms with Gasteiger partial charge in [0.15, 0.2) is 0 Å². The molecule has 0 heterocycles. The lowest BCUT2D eigenvalue weighted by molar-refractivity contribution is 1.54. The third kappa shape index (κ3) is 1.93. The van der Waals surface area contributed by atoms with Crippen molar-refractivity contribution in [1.82, 2.24) is 0 Å². The van der Waals surface area contributed by atoms with Gasteiger partial charge >= 0.3 is 0 Å². The standard InChI is InChI=1S/C6H9N/c1-3-6(4-2)5-7/h3-5,7H,1H2,2H3/b6-4+,7-5?. The molecule has 0 aromatic heterocycles. The second-order valence-electron chi connectivity index (χ2n) is 1.14. The fourth-order valence-corrected chi connectivity index (χ4v) is 0.260. The van der Waals surface area contributed by atoms with Crippen molar-refractivity contribution in [3.63, 3.8) is 0 Å². The third-order valence-electron chi connectivity index (χ3n) is 0.736. The lowest BCUT2D eigenvalue weighted by Crippen LogP contribution is -1.71. The predicted octanol–water partition coefficient (Wildman–Crippen LogP) is 1.77. The van der Waals surface area contributed by atoms with E-state index in [1.165, 1.54) is 6.21 Å². The Hall–Kier alpha value is -0.850. The summed E-state index contributed by atoms with van der Waals surface area (Å²) in [6.45, 7) is 5.36. The Bertz CT molecular complexity index is 90.7. The van der Waals surface area contributed by atoms with Crippen molar-refractivity contribution >= 4 is 6.21 Å². The molecule has 0 aromatic carbocycles. The number of hydrogen-bond acceptors (Lipinski definition) is 1. The van der Waals surface area contributed by atoms with Crippen molar-refractivity contribution in [3.8, 4) is 0 Å². The Labute approximate surface area is 43.9 Å². The van der Waals surface area contributed by atoms with E-state index in [1.807, 2.05) is 13.0 Å². The van der Waals surface area contributed by atoms with Crippen LogP contribution in [0.3, 0.4) is 0 Å². The molecule has 1 N–H and O–H groups in total. The second-order valence-corrected chi connectivity index (χ2v) is 1.14. The minimum Gasteiger partial charge on any atom is -0.308 e. The molecule has 0 bridgehead atoms. The van der Waals surface area contributed by atoms with E-state index in [-0.39, 0.29) is 0 Å². The Kier molecular flexibility index (Phi) is 2.94. The summed E-state index contributed by atoms with van der Waals surface area (Å²) < 4.78 is 0. The Morgan fingerprint density at radius 1 is 1.71 bits per heavy atom. The van der Waals surface area contributed by atoms with Gasteiger partial charge in [-0.05, 0) is 12.5 Å². The van der Waals surface area contributed by atoms with Crippen LogP contribution >= 0.6 is 0 Å². The zero-order valence-corrected chi connectivity index (χ0v) is 4.44. The van der Waals surface area contributed by atoms with Gasteiger partial charge in [-0.3, -0.25) is 0 Å². The van der Waals surface area contributed by atoms with Crippen molar-refractivity contribution in [1.29, 1.82) is 5.41 Å². The van der Waals surface area contributed by atoms with Crippen molar-refractivity contribution in [3.05, 3.63) is 24.3 Å². The molecule has 0 aliphatic carbocycles. The van der Waals surface area contributed by atoms with E-state index in [2.05, 4.69) is 6.58 Å². The van der Waals surface area contributed by atoms with Crippen molar-refractivity contribution in [2.75, 3.05) is 0 Å². The molecule has 0 rings (SSSR count). The fourth-order valence-electron chi connectivity index (χ4n) is 0.260. The van der Waals surface area contributed by atoms with Gasteiger partial charge in [-0.25, -0.2) is 0 Å². The van der Waals surface area contributed by atoms with Crippen molar-refractivity contribution < 1.29 is 0 Å². The molecular formula is C6H9N. The van der Waals surface area contributed by atoms with E-state index in [4.69, 9.17) is 5.41 Å². The van der Waals surface area contributed by atoms with Gasteiger partial charge in [0, 0.05) is 6.21 Å². The van der Waals surface area contributed by atoms with Crippen LogP contribution in [0, 0.1) is 5.41 Å². The first kappa shape index (κ1) is 6.15. The largest absolute Gasteiger partial charge is 0.308 e. The summed E-state index contributed by atoms with van der Waals surface area (Å²) in [6, 6.07) is 0. The molecule has 0 saturated carbocycles. The van der Waals surface area contributed by atoms with E-state index in [0.29, 0.717) is 0 Å². The van der Waals surface area contributed by atoms with Gasteiger partial charge in [-0.15, -0.1) is 0 Å². The Morgan fingerprint density at radius 2 is 2.29 bits per heavy atom. The Morgan fingerprint density at radius 3 is 2.29 bits per heavy atom. The van der Waals surface area contributed by atoms with Gasteiger partial charge in [-0.1, -0.05) is 18.7 Å². The molecule has 38 valence electrons. The van der Waals surface area contributed by atoms with E-state index >= 15 is 0 Å². The zero-order chi connectivity index (χ0) is 5.70. The molecule has 0 aromatic rings. The quantitative estimate of drug-likeness (QED) is 0.399. The van der Waals surface area contributed by atoms with Crippen LogP contribution < -0.4 is 0 Å². The highest BCUT2D eigenvalue weighted by Crippen LogP contribution is 1.86. The van der Waals surface area contributed by atoms with Crippen LogP contribution in [0.15, 0.2) is 24.3 Å². The summed E-state index contributed by atoms with van der Waals surface area (Å²) >= 11 is 0. The maximum atomic E-state index is 6.70. The van der Waals surface area contributed by atoms with E-state index in [9.17, 15) is 0 Å². The van der Waals surface area contributed by atoms with Gasteiger partial charge in [0.2, 0.25) is 0 Å². The third-order valence-corrected chi connectivity index (χ3v) is 0.736. The SMILES string of the molecule is C=C/C(C=N)=C\C. The van der Waals surface area contributed by atoms with Gasteiger partial charge in [0.05, 0.1) is 0 Å². The fraction of sp³-hybridized carbons (Fsp3) is 0.167. The van der Waals surface area contributed by atoms with Crippen LogP contribution in [0.1, 0.15) is 6.92 Å². The average Bonchev–Trinajstić information content (AvgIpc) is 1.72. The molecule has 7 heavy (non-hydrogen) atoms. The first-order chi connectivity index (χ1) is 3.35. The van der Waals surface area contributed by atoms with Gasteiger partial charge < -0.3 is 5.41 Å². The number of rotatable bonds is 2. The highest BCUT2D eigenvalue weighted by molar-refractivity contribution is 5.79. The molecule has 0 fully saturated rings. The minimum absolute atomic E-state index is 0.861. The second kappa shape index (κ2) is 3.34. The van der Waals surface area contributed by atoms with E-state index in [1.54, 1.807) is 6.08 Å². The molecule has 0 radical (unpaired) electrons. The van der Waals surface area contributed by atoms with Crippen LogP contribution in [-0.2, 0) is 0 Å². The summed E-state index contributed by atoms with van der Waals surface area (Å²) in [5.74, 6) is 0. The molecule has 0 amide bonds. The summed E-state index contributed by atoms with van der Waals surface area (Å²) in [7, 11) is 0. The average molecular weight is 95.1 g/mol. The first-order valence-electron chi connectivity index (χ1n) is 2.14. The molecule has 0 aliphatic rings. The van der Waals surface area contributed by atoms with Crippen LogP contribution in [0.2, 0.25) is 0 Å². The minimum atomic E-state index is 0.861. The maximum absolute atomic E-state index is 6.70. The first-order valence-corrected chi connectivity index (χ1v) is 2.14. The van der Waals surface area contributed by atoms with E-state index < -0.39 is 0 Å². The lowest BCUT2D eigenvalue weighted by Gasteiger charge is -1.80. The molecule has 0 atom stereocenters. The number of allylic oxidation sites excluding steroid dienone is 3. The normalized spacial score (nSPS) is 10.7. The van der Waals surface area contributed by atoms with Crippen molar-refractivity contribution in [2.24, 2.45) is 0 Å². The van der Waals surface area contributed by atoms with Crippen LogP contribution in [-0.4, -0.2) is 6.21 Å². The molecule has 1 heteroatoms. The Balaban J connectivity index is 3.85. The maximum Gasteiger partial charge on any atom is 0.0246 e. The summed E-state index contributed by atoms with van der Waals surface area (Å²) in [4.78, 5) is 0. The molecule has 0 aliphatic heterocycles. The molecular weight excluding hydrogens is 86.1 g/mol. The van der Waals surface area contributed by atoms with Gasteiger partial charge in [0.25, 0.3) is 0 Å². The van der Waals surface area contributed by atoms with Gasteiger partial charge in [0.1, 0.15) is 0 Å². The zero-order valence-electron chi connectivity index (χ0n) is 4.44. The van der Waals surface area contributed by atoms with Gasteiger partial charge in [-0.2, -0.15) is 0 Å². The predicted molar refractivity (Wildman–Crippen MR) is 32.7 cm³/mol. The smallest absolute Gasteiger partial charge is 0.0246 e. The number of hydrogen-bond donors (Lipinski definition) is 1. The summed E-state index contributed by atoms with van der Waals surface area (Å²) in [5, 5.41) is 6.70. The van der Waals surface area contributed by atoms with Crippen molar-refractivity contribution in [2.45, 2.75) is 6.92 Å². The molecule has 1 nitrogen and oxygen atoms in total. The van der Waals surface area contributed by atoms with Crippen LogP contribution in [0.25, 0.3) is 0 Å². The highest BCUT2D eigenvalue weighted by Gasteiger charge is 1.73. The topological polar surface area (TPSA) is 23.9 Å². The van der Waals surface area contributed by atoms with Crippen LogP contribution in [0.4, 0.5) is 0 Å². The summed E-state index contributed by atoms with van der Waals surface area (Å²) in [6.07, 6.45) is 4.75. The highest BCUT2D eigenvalue weighted by atomic mass is 14.3. The molecule has 0 saturated heterocycles. The monoisotopic (exact) mass is 95.1 g/mol. The summed E-state index contributed by atoms with van der Waals surface area (Å²) in [5.41, 5.74) is 0.861. The van der Waals surface area contributed by atoms with Crippen LogP contribution in [0.5, 0.6) is 0 Å².